The van der Waals surface area contributed by atoms with Gasteiger partial charge in [-0.25, -0.2) is 0 Å². The Morgan fingerprint density at radius 3 is 2.79 bits per heavy atom. The summed E-state index contributed by atoms with van der Waals surface area (Å²) in [4.78, 5) is 0. The van der Waals surface area contributed by atoms with E-state index in [0.717, 1.165) is 23.4 Å². The number of fused-ring (bicyclic) bond motifs is 1. The summed E-state index contributed by atoms with van der Waals surface area (Å²) in [5, 5.41) is 8.12. The van der Waals surface area contributed by atoms with E-state index in [1.807, 2.05) is 24.3 Å². The van der Waals surface area contributed by atoms with Gasteiger partial charge in [-0.3, -0.25) is 0 Å². The molecule has 3 nitrogen and oxygen atoms in total. The zero-order valence-corrected chi connectivity index (χ0v) is 15.9. The second kappa shape index (κ2) is 8.75. The molecule has 0 aromatic heterocycles. The Kier molecular flexibility index (Phi) is 6.36. The van der Waals surface area contributed by atoms with Crippen LogP contribution in [0.5, 0.6) is 5.75 Å². The zero-order chi connectivity index (χ0) is 20.1. The minimum Gasteiger partial charge on any atom is -0.491 e. The van der Waals surface area contributed by atoms with Crippen molar-refractivity contribution in [1.29, 1.82) is 0 Å². The van der Waals surface area contributed by atoms with E-state index >= 15 is 0 Å². The van der Waals surface area contributed by atoms with Gasteiger partial charge in [0.2, 0.25) is 0 Å². The maximum atomic E-state index is 12.9. The Morgan fingerprint density at radius 2 is 2.04 bits per heavy atom. The van der Waals surface area contributed by atoms with Gasteiger partial charge in [0.15, 0.2) is 0 Å². The summed E-state index contributed by atoms with van der Waals surface area (Å²) in [6, 6.07) is 12.9. The summed E-state index contributed by atoms with van der Waals surface area (Å²) in [6.07, 6.45) is -3.72. The van der Waals surface area contributed by atoms with Gasteiger partial charge in [0.25, 0.3) is 0 Å². The minimum absolute atomic E-state index is 0.119. The number of hydrogen-bond donors (Lipinski definition) is 2. The van der Waals surface area contributed by atoms with E-state index < -0.39 is 11.7 Å². The summed E-state index contributed by atoms with van der Waals surface area (Å²) < 4.78 is 44.3. The minimum atomic E-state index is -4.39. The van der Waals surface area contributed by atoms with Crippen molar-refractivity contribution in [3.05, 3.63) is 71.8 Å². The van der Waals surface area contributed by atoms with Crippen molar-refractivity contribution in [3.63, 3.8) is 0 Å². The molecule has 0 bridgehead atoms. The predicted octanol–water partition coefficient (Wildman–Crippen LogP) is 4.75. The highest BCUT2D eigenvalue weighted by Gasteiger charge is 2.30. The normalized spacial score (nSPS) is 16.8. The van der Waals surface area contributed by atoms with Crippen LogP contribution in [0.25, 0.3) is 5.70 Å². The van der Waals surface area contributed by atoms with E-state index in [1.54, 1.807) is 11.4 Å². The van der Waals surface area contributed by atoms with Gasteiger partial charge in [0.1, 0.15) is 12.4 Å². The fourth-order valence-electron chi connectivity index (χ4n) is 3.11. The molecule has 7 heteroatoms. The number of alkyl halides is 3. The Morgan fingerprint density at radius 1 is 1.25 bits per heavy atom. The molecule has 28 heavy (non-hydrogen) atoms. The molecule has 0 saturated heterocycles. The third kappa shape index (κ3) is 4.91. The van der Waals surface area contributed by atoms with Gasteiger partial charge in [-0.1, -0.05) is 49.1 Å². The van der Waals surface area contributed by atoms with Crippen molar-refractivity contribution in [2.75, 3.05) is 13.2 Å². The van der Waals surface area contributed by atoms with E-state index in [2.05, 4.69) is 17.2 Å². The molecule has 1 heterocycles. The lowest BCUT2D eigenvalue weighted by molar-refractivity contribution is -0.137. The number of thiocarbonyl (C=S) groups is 1. The van der Waals surface area contributed by atoms with Crippen molar-refractivity contribution in [2.45, 2.75) is 24.7 Å². The molecule has 2 aromatic carbocycles. The molecule has 2 unspecified atom stereocenters. The van der Waals surface area contributed by atoms with E-state index in [0.29, 0.717) is 30.8 Å². The lowest BCUT2D eigenvalue weighted by atomic mass is 10.1. The molecule has 3 rings (SSSR count). The van der Waals surface area contributed by atoms with Crippen LogP contribution >= 0.6 is 12.2 Å². The monoisotopic (exact) mass is 406 g/mol. The summed E-state index contributed by atoms with van der Waals surface area (Å²) >= 11 is 5.08. The van der Waals surface area contributed by atoms with Crippen LogP contribution in [0.4, 0.5) is 13.2 Å². The third-order valence-electron chi connectivity index (χ3n) is 4.61. The number of ether oxygens (including phenoxy) is 1. The Labute approximate surface area is 167 Å². The first-order valence-corrected chi connectivity index (χ1v) is 9.39. The molecule has 1 aliphatic rings. The quantitative estimate of drug-likeness (QED) is 0.620. The molecule has 0 saturated carbocycles. The number of rotatable bonds is 8. The molecule has 0 amide bonds. The molecular formula is C21H21F3N2OS. The van der Waals surface area contributed by atoms with Crippen LogP contribution in [0.1, 0.15) is 29.2 Å². The highest BCUT2D eigenvalue weighted by Crippen LogP contribution is 2.32. The van der Waals surface area contributed by atoms with Gasteiger partial charge in [-0.15, -0.1) is 0 Å². The van der Waals surface area contributed by atoms with Gasteiger partial charge in [-0.05, 0) is 36.7 Å². The van der Waals surface area contributed by atoms with Gasteiger partial charge in [-0.2, -0.15) is 13.2 Å². The molecule has 0 radical (unpaired) electrons. The molecule has 0 spiro atoms. The molecule has 0 fully saturated rings. The first kappa shape index (κ1) is 20.4. The first-order valence-electron chi connectivity index (χ1n) is 8.92. The molecular weight excluding hydrogens is 385 g/mol. The van der Waals surface area contributed by atoms with Crippen LogP contribution < -0.4 is 15.4 Å². The van der Waals surface area contributed by atoms with Crippen molar-refractivity contribution < 1.29 is 17.9 Å². The lowest BCUT2D eigenvalue weighted by Gasteiger charge is -2.19. The summed E-state index contributed by atoms with van der Waals surface area (Å²) in [6.45, 7) is 5.11. The average Bonchev–Trinajstić information content (AvgIpc) is 3.10. The van der Waals surface area contributed by atoms with Crippen molar-refractivity contribution >= 4 is 23.3 Å². The van der Waals surface area contributed by atoms with Crippen LogP contribution in [0.3, 0.4) is 0 Å². The van der Waals surface area contributed by atoms with Gasteiger partial charge >= 0.3 is 6.18 Å². The molecule has 148 valence electrons. The molecule has 2 atom stereocenters. The molecule has 1 aliphatic heterocycles. The highest BCUT2D eigenvalue weighted by atomic mass is 32.1. The second-order valence-corrected chi connectivity index (χ2v) is 6.86. The molecule has 2 aromatic rings. The fourth-order valence-corrected chi connectivity index (χ4v) is 3.31. The Balaban J connectivity index is 1.53. The number of nitrogens with one attached hydrogen (secondary N) is 2. The largest absolute Gasteiger partial charge is 0.491 e. The van der Waals surface area contributed by atoms with Gasteiger partial charge < -0.3 is 15.4 Å². The van der Waals surface area contributed by atoms with E-state index in [9.17, 15) is 13.2 Å². The maximum absolute atomic E-state index is 12.9. The second-order valence-electron chi connectivity index (χ2n) is 6.59. The van der Waals surface area contributed by atoms with Gasteiger partial charge in [0, 0.05) is 16.6 Å². The summed E-state index contributed by atoms with van der Waals surface area (Å²) in [7, 11) is 0. The number of para-hydroxylation sites is 1. The fraction of sp³-hybridized carbons (Fsp3) is 0.286. The van der Waals surface area contributed by atoms with Crippen LogP contribution in [-0.2, 0) is 6.18 Å². The number of halogens is 3. The maximum Gasteiger partial charge on any atom is 0.416 e. The lowest BCUT2D eigenvalue weighted by Crippen LogP contribution is -2.33. The highest BCUT2D eigenvalue weighted by molar-refractivity contribution is 7.79. The van der Waals surface area contributed by atoms with Crippen molar-refractivity contribution in [1.82, 2.24) is 10.6 Å². The number of benzene rings is 2. The zero-order valence-electron chi connectivity index (χ0n) is 15.1. The van der Waals surface area contributed by atoms with Crippen LogP contribution in [0.2, 0.25) is 0 Å². The van der Waals surface area contributed by atoms with Crippen molar-refractivity contribution in [2.24, 2.45) is 0 Å². The van der Waals surface area contributed by atoms with Gasteiger partial charge in [0.05, 0.1) is 17.6 Å². The first-order chi connectivity index (χ1) is 13.4. The SMILES string of the molecule is C=C(NC(C=S)CCNC1COc2ccccc21)c1cccc(C(F)(F)F)c1. The predicted molar refractivity (Wildman–Crippen MR) is 108 cm³/mol. The smallest absolute Gasteiger partial charge is 0.416 e. The van der Waals surface area contributed by atoms with E-state index in [4.69, 9.17) is 17.0 Å². The Hall–Kier alpha value is -2.38. The standard InChI is InChI=1S/C21H21F3N2OS/c1-14(15-5-4-6-16(11-15)21(22,23)24)26-17(13-28)9-10-25-19-12-27-20-8-3-2-7-18(19)20/h2-8,11,13,17,19,25-26H,1,9-10,12H2. The molecule has 2 N–H and O–H groups in total. The average molecular weight is 406 g/mol. The summed E-state index contributed by atoms with van der Waals surface area (Å²) in [5.41, 5.74) is 1.23. The molecule has 0 aliphatic carbocycles. The van der Waals surface area contributed by atoms with Crippen molar-refractivity contribution in [3.8, 4) is 5.75 Å². The topological polar surface area (TPSA) is 33.3 Å². The Bertz CT molecular complexity index is 854. The van der Waals surface area contributed by atoms with E-state index in [1.165, 1.54) is 6.07 Å². The van der Waals surface area contributed by atoms with Crippen LogP contribution in [-0.4, -0.2) is 24.6 Å². The number of hydrogen-bond acceptors (Lipinski definition) is 4. The van der Waals surface area contributed by atoms with Crippen LogP contribution in [0, 0.1) is 0 Å². The van der Waals surface area contributed by atoms with Crippen LogP contribution in [0.15, 0.2) is 55.1 Å². The van der Waals surface area contributed by atoms with E-state index in [-0.39, 0.29) is 12.1 Å². The summed E-state index contributed by atoms with van der Waals surface area (Å²) in [5.74, 6) is 0.891. The third-order valence-corrected chi connectivity index (χ3v) is 4.94.